The first-order chi connectivity index (χ1) is 12.7. The van der Waals surface area contributed by atoms with Gasteiger partial charge in [-0.1, -0.05) is 30.7 Å². The number of hydrogen-bond acceptors (Lipinski definition) is 5. The maximum absolute atomic E-state index is 5.97. The summed E-state index contributed by atoms with van der Waals surface area (Å²) < 4.78 is 0. The zero-order valence-corrected chi connectivity index (χ0v) is 16.4. The van der Waals surface area contributed by atoms with Crippen molar-refractivity contribution in [2.24, 2.45) is 0 Å². The molecule has 0 amide bonds. The lowest BCUT2D eigenvalue weighted by Crippen LogP contribution is -2.31. The molecule has 0 saturated heterocycles. The number of aromatic nitrogens is 3. The van der Waals surface area contributed by atoms with Crippen molar-refractivity contribution in [2.75, 3.05) is 6.54 Å². The van der Waals surface area contributed by atoms with Crippen LogP contribution in [0.3, 0.4) is 0 Å². The number of fused-ring (bicyclic) bond motifs is 1. The monoisotopic (exact) mass is 384 g/mol. The van der Waals surface area contributed by atoms with E-state index < -0.39 is 0 Å². The van der Waals surface area contributed by atoms with Crippen LogP contribution in [0.1, 0.15) is 36.1 Å². The first-order valence-corrected chi connectivity index (χ1v) is 10.2. The molecule has 1 aliphatic rings. The first kappa shape index (κ1) is 17.6. The van der Waals surface area contributed by atoms with Crippen LogP contribution in [0.25, 0.3) is 10.6 Å². The van der Waals surface area contributed by atoms with Crippen LogP contribution in [0.4, 0.5) is 0 Å². The summed E-state index contributed by atoms with van der Waals surface area (Å²) in [6.07, 6.45) is 5.05. The summed E-state index contributed by atoms with van der Waals surface area (Å²) in [6.45, 7) is 4.94. The van der Waals surface area contributed by atoms with E-state index in [9.17, 15) is 0 Å². The van der Waals surface area contributed by atoms with Crippen molar-refractivity contribution in [3.8, 4) is 10.6 Å². The SMILES string of the molecule is CCCc1ncc2c(n1)CCN(Cc1csc(-c3ccc(Cl)cc3)n1)C2. The van der Waals surface area contributed by atoms with E-state index in [2.05, 4.69) is 22.2 Å². The van der Waals surface area contributed by atoms with Gasteiger partial charge in [0.1, 0.15) is 10.8 Å². The number of nitrogens with zero attached hydrogens (tertiary/aromatic N) is 4. The van der Waals surface area contributed by atoms with Crippen molar-refractivity contribution in [1.29, 1.82) is 0 Å². The molecule has 0 unspecified atom stereocenters. The Bertz CT molecular complexity index is 891. The molecular formula is C20H21ClN4S. The molecule has 0 bridgehead atoms. The summed E-state index contributed by atoms with van der Waals surface area (Å²) >= 11 is 7.65. The Morgan fingerprint density at radius 2 is 2.04 bits per heavy atom. The van der Waals surface area contributed by atoms with E-state index in [1.807, 2.05) is 30.5 Å². The predicted molar refractivity (Wildman–Crippen MR) is 106 cm³/mol. The standard InChI is InChI=1S/C20H21ClN4S/c1-2-3-19-22-10-15-11-25(9-8-18(15)24-19)12-17-13-26-20(23-17)14-4-6-16(21)7-5-14/h4-7,10,13H,2-3,8-9,11-12H2,1H3. The third-order valence-electron chi connectivity index (χ3n) is 4.57. The summed E-state index contributed by atoms with van der Waals surface area (Å²) in [7, 11) is 0. The highest BCUT2D eigenvalue weighted by Crippen LogP contribution is 2.26. The Hall–Kier alpha value is -1.82. The van der Waals surface area contributed by atoms with E-state index in [0.717, 1.165) is 66.0 Å². The minimum Gasteiger partial charge on any atom is -0.293 e. The fraction of sp³-hybridized carbons (Fsp3) is 0.350. The molecule has 0 fully saturated rings. The van der Waals surface area contributed by atoms with Crippen molar-refractivity contribution in [1.82, 2.24) is 19.9 Å². The Balaban J connectivity index is 1.43. The van der Waals surface area contributed by atoms with Crippen LogP contribution in [0.2, 0.25) is 5.02 Å². The van der Waals surface area contributed by atoms with Gasteiger partial charge in [0.2, 0.25) is 0 Å². The molecule has 0 radical (unpaired) electrons. The quantitative estimate of drug-likeness (QED) is 0.635. The summed E-state index contributed by atoms with van der Waals surface area (Å²) in [5, 5.41) is 3.95. The Morgan fingerprint density at radius 3 is 2.85 bits per heavy atom. The topological polar surface area (TPSA) is 41.9 Å². The minimum absolute atomic E-state index is 0.752. The van der Waals surface area contributed by atoms with Crippen molar-refractivity contribution in [2.45, 2.75) is 39.3 Å². The number of halogens is 1. The van der Waals surface area contributed by atoms with Crippen molar-refractivity contribution in [3.63, 3.8) is 0 Å². The van der Waals surface area contributed by atoms with Gasteiger partial charge in [-0.3, -0.25) is 4.90 Å². The second-order valence-corrected chi connectivity index (χ2v) is 7.91. The van der Waals surface area contributed by atoms with E-state index in [4.69, 9.17) is 21.6 Å². The maximum Gasteiger partial charge on any atom is 0.128 e. The fourth-order valence-corrected chi connectivity index (χ4v) is 4.17. The van der Waals surface area contributed by atoms with Gasteiger partial charge in [0.05, 0.1) is 5.69 Å². The highest BCUT2D eigenvalue weighted by molar-refractivity contribution is 7.13. The van der Waals surface area contributed by atoms with Crippen LogP contribution in [-0.2, 0) is 25.9 Å². The summed E-state index contributed by atoms with van der Waals surface area (Å²) in [6, 6.07) is 7.86. The number of aryl methyl sites for hydroxylation is 1. The number of rotatable bonds is 5. The summed E-state index contributed by atoms with van der Waals surface area (Å²) in [4.78, 5) is 16.5. The van der Waals surface area contributed by atoms with Gasteiger partial charge in [-0.25, -0.2) is 15.0 Å². The third kappa shape index (κ3) is 3.95. The molecule has 26 heavy (non-hydrogen) atoms. The first-order valence-electron chi connectivity index (χ1n) is 8.97. The molecule has 3 heterocycles. The molecule has 0 N–H and O–H groups in total. The average Bonchev–Trinajstić information content (AvgIpc) is 3.11. The highest BCUT2D eigenvalue weighted by Gasteiger charge is 2.19. The molecule has 1 aromatic carbocycles. The van der Waals surface area contributed by atoms with Crippen LogP contribution in [0.5, 0.6) is 0 Å². The molecule has 4 rings (SSSR count). The van der Waals surface area contributed by atoms with E-state index >= 15 is 0 Å². The lowest BCUT2D eigenvalue weighted by atomic mass is 10.1. The number of benzene rings is 1. The second kappa shape index (κ2) is 7.82. The van der Waals surface area contributed by atoms with Gasteiger partial charge in [-0.05, 0) is 18.6 Å². The van der Waals surface area contributed by atoms with E-state index in [-0.39, 0.29) is 0 Å². The normalized spacial score (nSPS) is 14.4. The molecule has 6 heteroatoms. The molecule has 2 aromatic heterocycles. The fourth-order valence-electron chi connectivity index (χ4n) is 3.23. The zero-order chi connectivity index (χ0) is 17.9. The Morgan fingerprint density at radius 1 is 1.19 bits per heavy atom. The molecule has 1 aliphatic heterocycles. The number of hydrogen-bond donors (Lipinski definition) is 0. The summed E-state index contributed by atoms with van der Waals surface area (Å²) in [5.74, 6) is 0.979. The van der Waals surface area contributed by atoms with Crippen LogP contribution in [0, 0.1) is 0 Å². The predicted octanol–water partition coefficient (Wildman–Crippen LogP) is 4.76. The van der Waals surface area contributed by atoms with Crippen LogP contribution in [0.15, 0.2) is 35.8 Å². The molecular weight excluding hydrogens is 364 g/mol. The van der Waals surface area contributed by atoms with Gasteiger partial charge in [-0.15, -0.1) is 11.3 Å². The average molecular weight is 385 g/mol. The summed E-state index contributed by atoms with van der Waals surface area (Å²) in [5.41, 5.74) is 4.71. The van der Waals surface area contributed by atoms with Crippen molar-refractivity contribution >= 4 is 22.9 Å². The smallest absolute Gasteiger partial charge is 0.128 e. The van der Waals surface area contributed by atoms with Gasteiger partial charge >= 0.3 is 0 Å². The van der Waals surface area contributed by atoms with Crippen LogP contribution >= 0.6 is 22.9 Å². The molecule has 4 nitrogen and oxygen atoms in total. The molecule has 0 saturated carbocycles. The lowest BCUT2D eigenvalue weighted by Gasteiger charge is -2.27. The van der Waals surface area contributed by atoms with Crippen LogP contribution in [-0.4, -0.2) is 26.4 Å². The maximum atomic E-state index is 5.97. The van der Waals surface area contributed by atoms with Crippen molar-refractivity contribution < 1.29 is 0 Å². The lowest BCUT2D eigenvalue weighted by molar-refractivity contribution is 0.240. The van der Waals surface area contributed by atoms with Crippen molar-refractivity contribution in [3.05, 3.63) is 63.6 Å². The Labute approximate surface area is 162 Å². The zero-order valence-electron chi connectivity index (χ0n) is 14.8. The molecule has 0 spiro atoms. The molecule has 0 atom stereocenters. The van der Waals surface area contributed by atoms with E-state index in [1.54, 1.807) is 11.3 Å². The highest BCUT2D eigenvalue weighted by atomic mass is 35.5. The largest absolute Gasteiger partial charge is 0.293 e. The minimum atomic E-state index is 0.752. The molecule has 0 aliphatic carbocycles. The van der Waals surface area contributed by atoms with Crippen LogP contribution < -0.4 is 0 Å². The van der Waals surface area contributed by atoms with Gasteiger partial charge in [0.25, 0.3) is 0 Å². The van der Waals surface area contributed by atoms with E-state index in [0.29, 0.717) is 0 Å². The van der Waals surface area contributed by atoms with Gasteiger partial charge < -0.3 is 0 Å². The molecule has 134 valence electrons. The van der Waals surface area contributed by atoms with Gasteiger partial charge in [-0.2, -0.15) is 0 Å². The number of thiazole rings is 1. The Kier molecular flexibility index (Phi) is 5.29. The van der Waals surface area contributed by atoms with E-state index in [1.165, 1.54) is 11.3 Å². The van der Waals surface area contributed by atoms with Gasteiger partial charge in [0.15, 0.2) is 0 Å². The van der Waals surface area contributed by atoms with Gasteiger partial charge in [0, 0.05) is 65.9 Å². The molecule has 3 aromatic rings. The second-order valence-electron chi connectivity index (χ2n) is 6.62. The third-order valence-corrected chi connectivity index (χ3v) is 5.76.